The van der Waals surface area contributed by atoms with Gasteiger partial charge < -0.3 is 9.16 Å². The summed E-state index contributed by atoms with van der Waals surface area (Å²) in [6, 6.07) is 6.10. The standard InChI is InChI=1S/C14H20ClO2Si/c1-10-4-5-11(6-14(10)15)9-16-12-7-13(8-12)17-18(2)3/h4-6,12-13H,7-9H2,1-3H3. The largest absolute Gasteiger partial charge is 0.414 e. The van der Waals surface area contributed by atoms with E-state index in [1.807, 2.05) is 19.1 Å². The lowest BCUT2D eigenvalue weighted by Gasteiger charge is -2.36. The molecule has 0 N–H and O–H groups in total. The summed E-state index contributed by atoms with van der Waals surface area (Å²) in [4.78, 5) is 0. The molecule has 0 heterocycles. The third-order valence-electron chi connectivity index (χ3n) is 3.18. The Bertz CT molecular complexity index is 403. The summed E-state index contributed by atoms with van der Waals surface area (Å²) in [7, 11) is -0.567. The van der Waals surface area contributed by atoms with Crippen molar-refractivity contribution >= 4 is 20.6 Å². The molecule has 2 rings (SSSR count). The van der Waals surface area contributed by atoms with Crippen LogP contribution >= 0.6 is 11.6 Å². The number of hydrogen-bond donors (Lipinski definition) is 0. The number of ether oxygens (including phenoxy) is 1. The van der Waals surface area contributed by atoms with E-state index in [4.69, 9.17) is 20.8 Å². The van der Waals surface area contributed by atoms with Gasteiger partial charge in [-0.1, -0.05) is 23.7 Å². The number of aryl methyl sites for hydroxylation is 1. The molecule has 0 bridgehead atoms. The minimum Gasteiger partial charge on any atom is -0.414 e. The van der Waals surface area contributed by atoms with Crippen molar-refractivity contribution in [2.75, 3.05) is 0 Å². The van der Waals surface area contributed by atoms with Gasteiger partial charge in [0.15, 0.2) is 0 Å². The maximum atomic E-state index is 6.09. The van der Waals surface area contributed by atoms with E-state index in [9.17, 15) is 0 Å². The minimum absolute atomic E-state index is 0.358. The lowest BCUT2D eigenvalue weighted by atomic mass is 9.92. The molecule has 0 aliphatic heterocycles. The number of benzene rings is 1. The average Bonchev–Trinajstić information content (AvgIpc) is 2.25. The lowest BCUT2D eigenvalue weighted by Crippen LogP contribution is -2.39. The van der Waals surface area contributed by atoms with Gasteiger partial charge in [0.1, 0.15) is 0 Å². The smallest absolute Gasteiger partial charge is 0.205 e. The van der Waals surface area contributed by atoms with E-state index in [2.05, 4.69) is 19.2 Å². The second-order valence-electron chi connectivity index (χ2n) is 5.14. The predicted octanol–water partition coefficient (Wildman–Crippen LogP) is 3.96. The first kappa shape index (κ1) is 14.1. The first-order valence-corrected chi connectivity index (χ1v) is 9.16. The van der Waals surface area contributed by atoms with E-state index in [1.165, 1.54) is 0 Å². The third-order valence-corrected chi connectivity index (χ3v) is 4.39. The molecule has 1 aliphatic rings. The molecular weight excluding hydrogens is 264 g/mol. The molecule has 2 nitrogen and oxygen atoms in total. The Morgan fingerprint density at radius 1 is 1.28 bits per heavy atom. The van der Waals surface area contributed by atoms with E-state index in [0.717, 1.165) is 29.0 Å². The Morgan fingerprint density at radius 2 is 2.00 bits per heavy atom. The summed E-state index contributed by atoms with van der Waals surface area (Å²) in [5.41, 5.74) is 2.25. The third kappa shape index (κ3) is 3.82. The minimum atomic E-state index is -0.567. The van der Waals surface area contributed by atoms with Crippen molar-refractivity contribution in [1.29, 1.82) is 0 Å². The zero-order valence-corrected chi connectivity index (χ0v) is 13.0. The van der Waals surface area contributed by atoms with Crippen LogP contribution in [0.5, 0.6) is 0 Å². The zero-order chi connectivity index (χ0) is 13.1. The molecule has 1 radical (unpaired) electrons. The summed E-state index contributed by atoms with van der Waals surface area (Å²) in [5.74, 6) is 0. The van der Waals surface area contributed by atoms with E-state index in [-0.39, 0.29) is 0 Å². The summed E-state index contributed by atoms with van der Waals surface area (Å²) < 4.78 is 11.6. The van der Waals surface area contributed by atoms with E-state index in [1.54, 1.807) is 0 Å². The van der Waals surface area contributed by atoms with Gasteiger partial charge in [-0.05, 0) is 50.1 Å². The molecule has 99 valence electrons. The zero-order valence-electron chi connectivity index (χ0n) is 11.2. The normalized spacial score (nSPS) is 23.2. The van der Waals surface area contributed by atoms with Crippen LogP contribution < -0.4 is 0 Å². The van der Waals surface area contributed by atoms with Crippen LogP contribution in [-0.2, 0) is 15.8 Å². The number of halogens is 1. The van der Waals surface area contributed by atoms with Gasteiger partial charge >= 0.3 is 0 Å². The van der Waals surface area contributed by atoms with Crippen molar-refractivity contribution in [2.24, 2.45) is 0 Å². The van der Waals surface area contributed by atoms with Gasteiger partial charge in [-0.25, -0.2) is 0 Å². The molecule has 1 saturated carbocycles. The van der Waals surface area contributed by atoms with Gasteiger partial charge in [0.2, 0.25) is 9.04 Å². The molecule has 1 aromatic carbocycles. The van der Waals surface area contributed by atoms with Gasteiger partial charge in [0.05, 0.1) is 12.7 Å². The maximum Gasteiger partial charge on any atom is 0.205 e. The SMILES string of the molecule is Cc1ccc(COC2CC(O[Si](C)C)C2)cc1Cl. The molecule has 4 heteroatoms. The summed E-state index contributed by atoms with van der Waals surface area (Å²) in [6.07, 6.45) is 2.86. The first-order valence-electron chi connectivity index (χ1n) is 6.38. The van der Waals surface area contributed by atoms with Crippen LogP contribution in [0, 0.1) is 6.92 Å². The molecule has 0 atom stereocenters. The van der Waals surface area contributed by atoms with Crippen LogP contribution in [0.3, 0.4) is 0 Å². The van der Waals surface area contributed by atoms with Crippen LogP contribution in [0.4, 0.5) is 0 Å². The summed E-state index contributed by atoms with van der Waals surface area (Å²) in [5, 5.41) is 0.815. The lowest BCUT2D eigenvalue weighted by molar-refractivity contribution is -0.0692. The monoisotopic (exact) mass is 283 g/mol. The van der Waals surface area contributed by atoms with Crippen molar-refractivity contribution in [3.05, 3.63) is 34.3 Å². The quantitative estimate of drug-likeness (QED) is 0.762. The summed E-state index contributed by atoms with van der Waals surface area (Å²) >= 11 is 6.09. The fraction of sp³-hybridized carbons (Fsp3) is 0.571. The Kier molecular flexibility index (Phi) is 4.84. The van der Waals surface area contributed by atoms with Crippen molar-refractivity contribution in [2.45, 2.75) is 51.7 Å². The van der Waals surface area contributed by atoms with Gasteiger partial charge in [-0.3, -0.25) is 0 Å². The molecule has 18 heavy (non-hydrogen) atoms. The summed E-state index contributed by atoms with van der Waals surface area (Å²) in [6.45, 7) is 7.00. The van der Waals surface area contributed by atoms with Crippen LogP contribution in [0.2, 0.25) is 18.1 Å². The Morgan fingerprint density at radius 3 is 2.61 bits per heavy atom. The Hall–Kier alpha value is -0.353. The van der Waals surface area contributed by atoms with Gasteiger partial charge in [-0.2, -0.15) is 0 Å². The fourth-order valence-electron chi connectivity index (χ4n) is 2.02. The van der Waals surface area contributed by atoms with Crippen molar-refractivity contribution in [3.8, 4) is 0 Å². The molecule has 0 saturated heterocycles. The fourth-order valence-corrected chi connectivity index (χ4v) is 3.09. The molecule has 1 fully saturated rings. The highest BCUT2D eigenvalue weighted by Gasteiger charge is 2.31. The molecule has 0 spiro atoms. The molecule has 0 aromatic heterocycles. The molecule has 1 aliphatic carbocycles. The Balaban J connectivity index is 1.72. The molecule has 0 amide bonds. The van der Waals surface area contributed by atoms with Gasteiger partial charge in [0.25, 0.3) is 0 Å². The van der Waals surface area contributed by atoms with Crippen LogP contribution in [0.15, 0.2) is 18.2 Å². The molecular formula is C14H20ClO2Si. The topological polar surface area (TPSA) is 18.5 Å². The van der Waals surface area contributed by atoms with E-state index < -0.39 is 9.04 Å². The molecule has 0 unspecified atom stereocenters. The van der Waals surface area contributed by atoms with Crippen LogP contribution in [0.25, 0.3) is 0 Å². The van der Waals surface area contributed by atoms with Crippen molar-refractivity contribution < 1.29 is 9.16 Å². The molecule has 1 aromatic rings. The average molecular weight is 284 g/mol. The van der Waals surface area contributed by atoms with E-state index in [0.29, 0.717) is 18.8 Å². The van der Waals surface area contributed by atoms with Crippen molar-refractivity contribution in [3.63, 3.8) is 0 Å². The second-order valence-corrected chi connectivity index (χ2v) is 7.60. The number of hydrogen-bond acceptors (Lipinski definition) is 2. The second kappa shape index (κ2) is 6.20. The maximum absolute atomic E-state index is 6.09. The first-order chi connectivity index (χ1) is 8.54. The predicted molar refractivity (Wildman–Crippen MR) is 76.4 cm³/mol. The Labute approximate surface area is 116 Å². The van der Waals surface area contributed by atoms with E-state index >= 15 is 0 Å². The van der Waals surface area contributed by atoms with Gasteiger partial charge in [0, 0.05) is 11.1 Å². The van der Waals surface area contributed by atoms with Gasteiger partial charge in [-0.15, -0.1) is 0 Å². The van der Waals surface area contributed by atoms with Crippen molar-refractivity contribution in [1.82, 2.24) is 0 Å². The van der Waals surface area contributed by atoms with Crippen LogP contribution in [-0.4, -0.2) is 21.2 Å². The highest BCUT2D eigenvalue weighted by atomic mass is 35.5. The number of rotatable bonds is 5. The van der Waals surface area contributed by atoms with Crippen LogP contribution in [0.1, 0.15) is 24.0 Å². The highest BCUT2D eigenvalue weighted by Crippen LogP contribution is 2.28. The highest BCUT2D eigenvalue weighted by molar-refractivity contribution is 6.48.